The molecule has 26 heavy (non-hydrogen) atoms. The van der Waals surface area contributed by atoms with Gasteiger partial charge >= 0.3 is 6.03 Å². The summed E-state index contributed by atoms with van der Waals surface area (Å²) in [7, 11) is 4.74. The molecule has 0 bridgehead atoms. The Bertz CT molecular complexity index is 771. The highest BCUT2D eigenvalue weighted by Crippen LogP contribution is 2.29. The Morgan fingerprint density at radius 1 is 1.00 bits per heavy atom. The number of nitrogens with one attached hydrogen (secondary N) is 2. The average molecular weight is 358 g/mol. The molecule has 0 saturated carbocycles. The maximum Gasteiger partial charge on any atom is 0.319 e. The first-order valence-corrected chi connectivity index (χ1v) is 8.21. The summed E-state index contributed by atoms with van der Waals surface area (Å²) in [6.07, 6.45) is 0.668. The van der Waals surface area contributed by atoms with Crippen LogP contribution in [0.5, 0.6) is 23.0 Å². The zero-order valence-corrected chi connectivity index (χ0v) is 15.0. The molecule has 0 saturated heterocycles. The highest BCUT2D eigenvalue weighted by molar-refractivity contribution is 5.90. The fourth-order valence-electron chi connectivity index (χ4n) is 2.82. The first-order valence-electron chi connectivity index (χ1n) is 8.21. The van der Waals surface area contributed by atoms with Crippen LogP contribution in [-0.2, 0) is 6.42 Å². The van der Waals surface area contributed by atoms with Crippen LogP contribution in [0.25, 0.3) is 0 Å². The number of hydrogen-bond donors (Lipinski definition) is 2. The van der Waals surface area contributed by atoms with E-state index in [9.17, 15) is 4.79 Å². The molecule has 2 N–H and O–H groups in total. The summed E-state index contributed by atoms with van der Waals surface area (Å²) in [5.41, 5.74) is 1.58. The molecule has 3 rings (SSSR count). The fourth-order valence-corrected chi connectivity index (χ4v) is 2.82. The Hall–Kier alpha value is -3.09. The molecule has 0 spiro atoms. The number of carbonyl (C=O) groups excluding carboxylic acids is 1. The van der Waals surface area contributed by atoms with Crippen molar-refractivity contribution in [3.05, 3.63) is 42.0 Å². The molecule has 7 heteroatoms. The predicted octanol–water partition coefficient (Wildman–Crippen LogP) is 2.84. The van der Waals surface area contributed by atoms with Gasteiger partial charge in [0.05, 0.1) is 27.4 Å². The third kappa shape index (κ3) is 4.11. The van der Waals surface area contributed by atoms with Gasteiger partial charge in [0, 0.05) is 23.9 Å². The molecule has 1 atom stereocenters. The number of urea groups is 1. The van der Waals surface area contributed by atoms with E-state index >= 15 is 0 Å². The summed E-state index contributed by atoms with van der Waals surface area (Å²) in [5, 5.41) is 5.72. The molecule has 2 amide bonds. The smallest absolute Gasteiger partial charge is 0.319 e. The van der Waals surface area contributed by atoms with Crippen molar-refractivity contribution in [2.45, 2.75) is 12.5 Å². The van der Waals surface area contributed by atoms with Crippen molar-refractivity contribution in [3.8, 4) is 23.0 Å². The van der Waals surface area contributed by atoms with Crippen molar-refractivity contribution in [3.63, 3.8) is 0 Å². The molecular weight excluding hydrogens is 336 g/mol. The van der Waals surface area contributed by atoms with E-state index in [1.54, 1.807) is 39.5 Å². The minimum absolute atomic E-state index is 0.137. The van der Waals surface area contributed by atoms with Gasteiger partial charge in [0.2, 0.25) is 0 Å². The highest BCUT2D eigenvalue weighted by Gasteiger charge is 2.22. The minimum atomic E-state index is -0.319. The van der Waals surface area contributed by atoms with Crippen LogP contribution in [0.3, 0.4) is 0 Å². The molecule has 2 aromatic rings. The standard InChI is InChI=1S/C19H22N2O5/c1-23-15-4-5-18-12(7-15)6-14(11-26-18)21-19(22)20-13-8-16(24-2)10-17(9-13)25-3/h4-5,7-10,14H,6,11H2,1-3H3,(H2,20,21,22)/t14-/m0/s1. The van der Waals surface area contributed by atoms with E-state index in [2.05, 4.69) is 10.6 Å². The van der Waals surface area contributed by atoms with E-state index in [4.69, 9.17) is 18.9 Å². The molecule has 0 fully saturated rings. The molecule has 2 aromatic carbocycles. The van der Waals surface area contributed by atoms with Gasteiger partial charge in [-0.15, -0.1) is 0 Å². The zero-order valence-electron chi connectivity index (χ0n) is 15.0. The van der Waals surface area contributed by atoms with Gasteiger partial charge in [0.1, 0.15) is 29.6 Å². The first-order chi connectivity index (χ1) is 12.6. The number of rotatable bonds is 5. The Kier molecular flexibility index (Phi) is 5.36. The molecule has 1 heterocycles. The molecule has 0 aliphatic carbocycles. The lowest BCUT2D eigenvalue weighted by atomic mass is 10.0. The maximum atomic E-state index is 12.3. The lowest BCUT2D eigenvalue weighted by Gasteiger charge is -2.26. The lowest BCUT2D eigenvalue weighted by Crippen LogP contribution is -2.44. The molecular formula is C19H22N2O5. The van der Waals surface area contributed by atoms with Crippen LogP contribution in [0.15, 0.2) is 36.4 Å². The largest absolute Gasteiger partial charge is 0.497 e. The van der Waals surface area contributed by atoms with Crippen LogP contribution in [0, 0.1) is 0 Å². The van der Waals surface area contributed by atoms with Crippen molar-refractivity contribution >= 4 is 11.7 Å². The van der Waals surface area contributed by atoms with E-state index in [-0.39, 0.29) is 12.1 Å². The van der Waals surface area contributed by atoms with Crippen molar-refractivity contribution in [1.29, 1.82) is 0 Å². The number of fused-ring (bicyclic) bond motifs is 1. The third-order valence-electron chi connectivity index (χ3n) is 4.12. The number of anilines is 1. The molecule has 138 valence electrons. The second-order valence-corrected chi connectivity index (χ2v) is 5.89. The van der Waals surface area contributed by atoms with E-state index in [1.165, 1.54) is 0 Å². The van der Waals surface area contributed by atoms with E-state index in [1.807, 2.05) is 18.2 Å². The van der Waals surface area contributed by atoms with Crippen molar-refractivity contribution in [2.75, 3.05) is 33.3 Å². The molecule has 7 nitrogen and oxygen atoms in total. The SMILES string of the molecule is COc1cc(NC(=O)N[C@@H]2COc3ccc(OC)cc3C2)cc(OC)c1. The quantitative estimate of drug-likeness (QED) is 0.859. The molecule has 0 radical (unpaired) electrons. The van der Waals surface area contributed by atoms with Gasteiger partial charge in [-0.3, -0.25) is 0 Å². The summed E-state index contributed by atoms with van der Waals surface area (Å²) in [6, 6.07) is 10.4. The van der Waals surface area contributed by atoms with Crippen LogP contribution in [0.1, 0.15) is 5.56 Å². The summed E-state index contributed by atoms with van der Waals surface area (Å²) in [5.74, 6) is 2.78. The highest BCUT2D eigenvalue weighted by atomic mass is 16.5. The van der Waals surface area contributed by atoms with E-state index < -0.39 is 0 Å². The molecule has 1 aliphatic rings. The average Bonchev–Trinajstić information content (AvgIpc) is 2.66. The van der Waals surface area contributed by atoms with Crippen LogP contribution >= 0.6 is 0 Å². The van der Waals surface area contributed by atoms with Crippen LogP contribution in [-0.4, -0.2) is 40.0 Å². The van der Waals surface area contributed by atoms with Gasteiger partial charge < -0.3 is 29.6 Å². The molecule has 0 unspecified atom stereocenters. The Balaban J connectivity index is 1.63. The van der Waals surface area contributed by atoms with Gasteiger partial charge in [0.25, 0.3) is 0 Å². The zero-order chi connectivity index (χ0) is 18.5. The summed E-state index contributed by atoms with van der Waals surface area (Å²) in [6.45, 7) is 0.411. The second kappa shape index (κ2) is 7.86. The van der Waals surface area contributed by atoms with E-state index in [0.717, 1.165) is 17.1 Å². The first kappa shape index (κ1) is 17.7. The maximum absolute atomic E-state index is 12.3. The number of benzene rings is 2. The van der Waals surface area contributed by atoms with Gasteiger partial charge in [-0.1, -0.05) is 0 Å². The third-order valence-corrected chi connectivity index (χ3v) is 4.12. The monoisotopic (exact) mass is 358 g/mol. The van der Waals surface area contributed by atoms with Gasteiger partial charge in [-0.25, -0.2) is 4.79 Å². The van der Waals surface area contributed by atoms with Gasteiger partial charge in [-0.2, -0.15) is 0 Å². The lowest BCUT2D eigenvalue weighted by molar-refractivity contribution is 0.222. The van der Waals surface area contributed by atoms with Crippen LogP contribution < -0.4 is 29.6 Å². The molecule has 1 aliphatic heterocycles. The van der Waals surface area contributed by atoms with Crippen molar-refractivity contribution < 1.29 is 23.7 Å². The summed E-state index contributed by atoms with van der Waals surface area (Å²) >= 11 is 0. The summed E-state index contributed by atoms with van der Waals surface area (Å²) < 4.78 is 21.4. The van der Waals surface area contributed by atoms with Crippen LogP contribution in [0.2, 0.25) is 0 Å². The normalized spacial score (nSPS) is 15.3. The number of carbonyl (C=O) groups is 1. The Morgan fingerprint density at radius 2 is 1.69 bits per heavy atom. The topological polar surface area (TPSA) is 78.1 Å². The second-order valence-electron chi connectivity index (χ2n) is 5.89. The van der Waals surface area contributed by atoms with Crippen molar-refractivity contribution in [1.82, 2.24) is 5.32 Å². The van der Waals surface area contributed by atoms with Crippen molar-refractivity contribution in [2.24, 2.45) is 0 Å². The predicted molar refractivity (Wildman–Crippen MR) is 97.7 cm³/mol. The van der Waals surface area contributed by atoms with Gasteiger partial charge in [0.15, 0.2) is 0 Å². The van der Waals surface area contributed by atoms with Gasteiger partial charge in [-0.05, 0) is 30.2 Å². The van der Waals surface area contributed by atoms with Crippen LogP contribution in [0.4, 0.5) is 10.5 Å². The number of hydrogen-bond acceptors (Lipinski definition) is 5. The Morgan fingerprint density at radius 3 is 2.35 bits per heavy atom. The molecule has 0 aromatic heterocycles. The number of amides is 2. The summed E-state index contributed by atoms with van der Waals surface area (Å²) in [4.78, 5) is 12.3. The number of methoxy groups -OCH3 is 3. The fraction of sp³-hybridized carbons (Fsp3) is 0.316. The van der Waals surface area contributed by atoms with E-state index in [0.29, 0.717) is 30.2 Å². The number of ether oxygens (including phenoxy) is 4. The minimum Gasteiger partial charge on any atom is -0.497 e. The Labute approximate surface area is 152 Å².